The standard InChI is InChI=1S/C13H26O3/c1-3-5-6-7-14-8-9-15-10-13(4-2)11-16-12-13/h3-12H2,1-2H3. The molecule has 0 atom stereocenters. The lowest BCUT2D eigenvalue weighted by Gasteiger charge is -2.40. The van der Waals surface area contributed by atoms with Gasteiger partial charge in [0.2, 0.25) is 0 Å². The second-order valence-electron chi connectivity index (χ2n) is 4.72. The molecule has 16 heavy (non-hydrogen) atoms. The van der Waals surface area contributed by atoms with Crippen molar-refractivity contribution in [3.05, 3.63) is 0 Å². The maximum Gasteiger partial charge on any atom is 0.0700 e. The van der Waals surface area contributed by atoms with E-state index in [1.165, 1.54) is 19.3 Å². The summed E-state index contributed by atoms with van der Waals surface area (Å²) in [5.74, 6) is 0. The van der Waals surface area contributed by atoms with Crippen molar-refractivity contribution < 1.29 is 14.2 Å². The molecule has 1 aliphatic heterocycles. The molecule has 0 radical (unpaired) electrons. The van der Waals surface area contributed by atoms with Crippen molar-refractivity contribution in [1.82, 2.24) is 0 Å². The summed E-state index contributed by atoms with van der Waals surface area (Å²) in [6.45, 7) is 9.27. The Morgan fingerprint density at radius 2 is 1.75 bits per heavy atom. The lowest BCUT2D eigenvalue weighted by Crippen LogP contribution is -2.45. The zero-order valence-corrected chi connectivity index (χ0v) is 10.8. The molecule has 0 saturated carbocycles. The van der Waals surface area contributed by atoms with E-state index in [1.54, 1.807) is 0 Å². The Kier molecular flexibility index (Phi) is 7.01. The van der Waals surface area contributed by atoms with Gasteiger partial charge in [-0.2, -0.15) is 0 Å². The highest BCUT2D eigenvalue weighted by molar-refractivity contribution is 4.83. The zero-order valence-electron chi connectivity index (χ0n) is 10.8. The van der Waals surface area contributed by atoms with Crippen LogP contribution in [0.3, 0.4) is 0 Å². The van der Waals surface area contributed by atoms with Gasteiger partial charge in [-0.15, -0.1) is 0 Å². The maximum atomic E-state index is 5.63. The molecule has 96 valence electrons. The minimum Gasteiger partial charge on any atom is -0.380 e. The van der Waals surface area contributed by atoms with Gasteiger partial charge in [0.05, 0.1) is 33.0 Å². The van der Waals surface area contributed by atoms with Crippen LogP contribution in [0.15, 0.2) is 0 Å². The van der Waals surface area contributed by atoms with Crippen LogP contribution in [-0.4, -0.2) is 39.6 Å². The van der Waals surface area contributed by atoms with E-state index in [0.717, 1.165) is 39.5 Å². The van der Waals surface area contributed by atoms with Crippen molar-refractivity contribution in [3.63, 3.8) is 0 Å². The molecule has 0 unspecified atom stereocenters. The van der Waals surface area contributed by atoms with Gasteiger partial charge in [-0.3, -0.25) is 0 Å². The van der Waals surface area contributed by atoms with Gasteiger partial charge in [-0.25, -0.2) is 0 Å². The highest BCUT2D eigenvalue weighted by Crippen LogP contribution is 2.31. The minimum absolute atomic E-state index is 0.308. The quantitative estimate of drug-likeness (QED) is 0.540. The van der Waals surface area contributed by atoms with Crippen molar-refractivity contribution in [2.45, 2.75) is 39.5 Å². The van der Waals surface area contributed by atoms with Crippen LogP contribution < -0.4 is 0 Å². The molecule has 0 aromatic heterocycles. The molecular weight excluding hydrogens is 204 g/mol. The predicted octanol–water partition coefficient (Wildman–Crippen LogP) is 2.64. The van der Waals surface area contributed by atoms with Crippen LogP contribution in [-0.2, 0) is 14.2 Å². The van der Waals surface area contributed by atoms with Gasteiger partial charge in [0.1, 0.15) is 0 Å². The van der Waals surface area contributed by atoms with E-state index in [0.29, 0.717) is 12.0 Å². The van der Waals surface area contributed by atoms with Gasteiger partial charge in [0, 0.05) is 12.0 Å². The van der Waals surface area contributed by atoms with Gasteiger partial charge in [0.25, 0.3) is 0 Å². The highest BCUT2D eigenvalue weighted by Gasteiger charge is 2.36. The van der Waals surface area contributed by atoms with E-state index in [4.69, 9.17) is 14.2 Å². The number of hydrogen-bond donors (Lipinski definition) is 0. The molecule has 1 saturated heterocycles. The van der Waals surface area contributed by atoms with Crippen molar-refractivity contribution in [2.75, 3.05) is 39.6 Å². The van der Waals surface area contributed by atoms with E-state index < -0.39 is 0 Å². The minimum atomic E-state index is 0.308. The summed E-state index contributed by atoms with van der Waals surface area (Å²) in [6, 6.07) is 0. The Morgan fingerprint density at radius 3 is 2.31 bits per heavy atom. The molecule has 3 nitrogen and oxygen atoms in total. The van der Waals surface area contributed by atoms with Crippen LogP contribution in [0, 0.1) is 5.41 Å². The first-order valence-corrected chi connectivity index (χ1v) is 6.56. The van der Waals surface area contributed by atoms with Crippen LogP contribution in [0.4, 0.5) is 0 Å². The summed E-state index contributed by atoms with van der Waals surface area (Å²) in [7, 11) is 0. The largest absolute Gasteiger partial charge is 0.380 e. The average molecular weight is 230 g/mol. The van der Waals surface area contributed by atoms with Crippen LogP contribution in [0.25, 0.3) is 0 Å². The molecule has 0 N–H and O–H groups in total. The number of unbranched alkanes of at least 4 members (excludes halogenated alkanes) is 2. The Bertz CT molecular complexity index is 161. The van der Waals surface area contributed by atoms with Crippen molar-refractivity contribution in [3.8, 4) is 0 Å². The first-order valence-electron chi connectivity index (χ1n) is 6.56. The Hall–Kier alpha value is -0.120. The van der Waals surface area contributed by atoms with Gasteiger partial charge >= 0.3 is 0 Å². The van der Waals surface area contributed by atoms with Crippen molar-refractivity contribution in [2.24, 2.45) is 5.41 Å². The summed E-state index contributed by atoms with van der Waals surface area (Å²) in [4.78, 5) is 0. The zero-order chi connectivity index (χ0) is 11.7. The molecule has 1 aliphatic rings. The van der Waals surface area contributed by atoms with Crippen molar-refractivity contribution in [1.29, 1.82) is 0 Å². The fraction of sp³-hybridized carbons (Fsp3) is 1.00. The number of hydrogen-bond acceptors (Lipinski definition) is 3. The van der Waals surface area contributed by atoms with E-state index in [2.05, 4.69) is 13.8 Å². The Morgan fingerprint density at radius 1 is 1.00 bits per heavy atom. The lowest BCUT2D eigenvalue weighted by atomic mass is 9.84. The summed E-state index contributed by atoms with van der Waals surface area (Å²) in [6.07, 6.45) is 4.82. The van der Waals surface area contributed by atoms with Crippen LogP contribution in [0.5, 0.6) is 0 Å². The summed E-state index contributed by atoms with van der Waals surface area (Å²) in [5.41, 5.74) is 0.308. The van der Waals surface area contributed by atoms with Crippen LogP contribution >= 0.6 is 0 Å². The Balaban J connectivity index is 1.84. The molecule has 1 fully saturated rings. The third kappa shape index (κ3) is 4.81. The monoisotopic (exact) mass is 230 g/mol. The van der Waals surface area contributed by atoms with Gasteiger partial charge in [-0.05, 0) is 12.8 Å². The van der Waals surface area contributed by atoms with E-state index in [9.17, 15) is 0 Å². The molecule has 0 spiro atoms. The molecule has 0 aromatic carbocycles. The SMILES string of the molecule is CCCCCOCCOCC1(CC)COC1. The molecular formula is C13H26O3. The Labute approximate surface area is 99.5 Å². The van der Waals surface area contributed by atoms with E-state index in [-0.39, 0.29) is 0 Å². The van der Waals surface area contributed by atoms with Gasteiger partial charge in [0.15, 0.2) is 0 Å². The fourth-order valence-electron chi connectivity index (χ4n) is 1.74. The van der Waals surface area contributed by atoms with Crippen LogP contribution in [0.1, 0.15) is 39.5 Å². The topological polar surface area (TPSA) is 27.7 Å². The molecule has 0 aromatic rings. The first kappa shape index (κ1) is 13.9. The first-order chi connectivity index (χ1) is 7.83. The lowest BCUT2D eigenvalue weighted by molar-refractivity contribution is -0.152. The second kappa shape index (κ2) is 8.04. The molecule has 1 heterocycles. The van der Waals surface area contributed by atoms with E-state index in [1.807, 2.05) is 0 Å². The number of rotatable bonds is 10. The summed E-state index contributed by atoms with van der Waals surface area (Å²) >= 11 is 0. The number of ether oxygens (including phenoxy) is 3. The average Bonchev–Trinajstić information content (AvgIpc) is 2.25. The second-order valence-corrected chi connectivity index (χ2v) is 4.72. The third-order valence-corrected chi connectivity index (χ3v) is 3.24. The maximum absolute atomic E-state index is 5.63. The summed E-state index contributed by atoms with van der Waals surface area (Å²) < 4.78 is 16.4. The molecule has 0 bridgehead atoms. The molecule has 0 amide bonds. The van der Waals surface area contributed by atoms with Gasteiger partial charge in [-0.1, -0.05) is 26.7 Å². The normalized spacial score (nSPS) is 18.4. The predicted molar refractivity (Wildman–Crippen MR) is 64.7 cm³/mol. The molecule has 1 rings (SSSR count). The van der Waals surface area contributed by atoms with Crippen LogP contribution in [0.2, 0.25) is 0 Å². The van der Waals surface area contributed by atoms with Crippen molar-refractivity contribution >= 4 is 0 Å². The molecule has 3 heteroatoms. The summed E-state index contributed by atoms with van der Waals surface area (Å²) in [5, 5.41) is 0. The smallest absolute Gasteiger partial charge is 0.0700 e. The van der Waals surface area contributed by atoms with Gasteiger partial charge < -0.3 is 14.2 Å². The van der Waals surface area contributed by atoms with E-state index >= 15 is 0 Å². The third-order valence-electron chi connectivity index (χ3n) is 3.24. The molecule has 0 aliphatic carbocycles. The fourth-order valence-corrected chi connectivity index (χ4v) is 1.74. The highest BCUT2D eigenvalue weighted by atomic mass is 16.5.